The lowest BCUT2D eigenvalue weighted by Crippen LogP contribution is -2.29. The van der Waals surface area contributed by atoms with Crippen LogP contribution in [0.3, 0.4) is 0 Å². The van der Waals surface area contributed by atoms with E-state index in [1.54, 1.807) is 30.3 Å². The molecule has 0 aliphatic carbocycles. The first-order valence-corrected chi connectivity index (χ1v) is 12.1. The van der Waals surface area contributed by atoms with Crippen molar-refractivity contribution in [3.63, 3.8) is 0 Å². The number of ether oxygens (including phenoxy) is 1. The van der Waals surface area contributed by atoms with Gasteiger partial charge in [0.25, 0.3) is 11.7 Å². The van der Waals surface area contributed by atoms with E-state index in [2.05, 4.69) is 0 Å². The van der Waals surface area contributed by atoms with Crippen LogP contribution in [0.1, 0.15) is 27.5 Å². The van der Waals surface area contributed by atoms with Gasteiger partial charge >= 0.3 is 5.97 Å². The number of rotatable bonds is 5. The third kappa shape index (κ3) is 4.18. The van der Waals surface area contributed by atoms with Crippen LogP contribution in [-0.4, -0.2) is 44.0 Å². The van der Waals surface area contributed by atoms with Crippen molar-refractivity contribution in [1.82, 2.24) is 0 Å². The van der Waals surface area contributed by atoms with Gasteiger partial charge in [-0.05, 0) is 46.7 Å². The number of nitrogens with zero attached hydrogens (tertiary/aromatic N) is 2. The molecule has 0 saturated carbocycles. The molecule has 38 heavy (non-hydrogen) atoms. The molecule has 1 aliphatic heterocycles. The minimum absolute atomic E-state index is 0.0209. The van der Waals surface area contributed by atoms with Crippen molar-refractivity contribution >= 4 is 45.6 Å². The van der Waals surface area contributed by atoms with E-state index >= 15 is 0 Å². The lowest BCUT2D eigenvalue weighted by Gasteiger charge is -2.26. The van der Waals surface area contributed by atoms with Crippen molar-refractivity contribution in [2.24, 2.45) is 0 Å². The fraction of sp³-hybridized carbons (Fsp3) is 0.129. The van der Waals surface area contributed by atoms with Crippen molar-refractivity contribution < 1.29 is 24.2 Å². The summed E-state index contributed by atoms with van der Waals surface area (Å²) in [6, 6.07) is 25.9. The number of anilines is 2. The van der Waals surface area contributed by atoms with Crippen molar-refractivity contribution in [3.8, 4) is 0 Å². The summed E-state index contributed by atoms with van der Waals surface area (Å²) >= 11 is 0. The number of amides is 1. The van der Waals surface area contributed by atoms with Gasteiger partial charge in [0.1, 0.15) is 5.76 Å². The normalized spacial score (nSPS) is 16.6. The number of aliphatic hydroxyl groups excluding tert-OH is 1. The van der Waals surface area contributed by atoms with E-state index in [1.807, 2.05) is 73.6 Å². The number of esters is 1. The number of benzene rings is 4. The van der Waals surface area contributed by atoms with Crippen LogP contribution in [0.15, 0.2) is 96.6 Å². The number of carbonyl (C=O) groups excluding carboxylic acids is 3. The van der Waals surface area contributed by atoms with E-state index in [0.29, 0.717) is 16.8 Å². The Hall–Kier alpha value is -4.91. The first-order chi connectivity index (χ1) is 18.3. The Bertz CT molecular complexity index is 1600. The molecule has 0 spiro atoms. The maximum atomic E-state index is 13.6. The van der Waals surface area contributed by atoms with Gasteiger partial charge in [-0.3, -0.25) is 14.5 Å². The number of carbonyl (C=O) groups is 3. The second kappa shape index (κ2) is 9.86. The molecule has 1 aliphatic rings. The highest BCUT2D eigenvalue weighted by molar-refractivity contribution is 6.51. The van der Waals surface area contributed by atoms with Gasteiger partial charge in [0, 0.05) is 31.0 Å². The predicted octanol–water partition coefficient (Wildman–Crippen LogP) is 5.32. The van der Waals surface area contributed by atoms with Crippen LogP contribution < -0.4 is 9.80 Å². The second-order valence-corrected chi connectivity index (χ2v) is 9.22. The third-order valence-electron chi connectivity index (χ3n) is 6.76. The molecule has 0 bridgehead atoms. The average Bonchev–Trinajstić information content (AvgIpc) is 3.21. The molecule has 0 radical (unpaired) electrons. The highest BCUT2D eigenvalue weighted by atomic mass is 16.5. The maximum absolute atomic E-state index is 13.6. The molecule has 7 nitrogen and oxygen atoms in total. The number of aliphatic hydroxyl groups is 1. The van der Waals surface area contributed by atoms with Crippen molar-refractivity contribution in [2.75, 3.05) is 31.0 Å². The molecule has 0 aromatic heterocycles. The molecular weight excluding hydrogens is 480 g/mol. The lowest BCUT2D eigenvalue weighted by molar-refractivity contribution is -0.132. The lowest BCUT2D eigenvalue weighted by atomic mass is 9.93. The van der Waals surface area contributed by atoms with Crippen LogP contribution in [0.2, 0.25) is 0 Å². The Labute approximate surface area is 220 Å². The largest absolute Gasteiger partial charge is 0.507 e. The monoisotopic (exact) mass is 506 g/mol. The summed E-state index contributed by atoms with van der Waals surface area (Å²) in [5.41, 5.74) is 2.59. The van der Waals surface area contributed by atoms with Crippen LogP contribution in [0, 0.1) is 0 Å². The van der Waals surface area contributed by atoms with Gasteiger partial charge in [-0.15, -0.1) is 0 Å². The van der Waals surface area contributed by atoms with Crippen LogP contribution in [0.5, 0.6) is 0 Å². The first kappa shape index (κ1) is 24.8. The van der Waals surface area contributed by atoms with E-state index in [-0.39, 0.29) is 16.9 Å². The SMILES string of the molecule is COC(=O)c1cccc(N2C(=O)C(=O)/C(=C(\O)c3cccc4ccccc34)C2c2ccc(N(C)C)cc2)c1. The number of fused-ring (bicyclic) bond motifs is 1. The van der Waals surface area contributed by atoms with E-state index in [4.69, 9.17) is 4.74 Å². The minimum atomic E-state index is -0.918. The van der Waals surface area contributed by atoms with Crippen molar-refractivity contribution in [1.29, 1.82) is 0 Å². The quantitative estimate of drug-likeness (QED) is 0.171. The fourth-order valence-corrected chi connectivity index (χ4v) is 4.85. The molecule has 1 unspecified atom stereocenters. The minimum Gasteiger partial charge on any atom is -0.507 e. The molecule has 4 aromatic rings. The van der Waals surface area contributed by atoms with Crippen LogP contribution in [-0.2, 0) is 14.3 Å². The Morgan fingerprint density at radius 3 is 2.29 bits per heavy atom. The standard InChI is InChI=1S/C31H26N2O5/c1-32(2)22-16-14-20(15-17-22)27-26(28(34)25-13-7-9-19-8-4-5-12-24(19)25)29(35)30(36)33(27)23-11-6-10-21(18-23)31(37)38-3/h4-18,27,34H,1-3H3/b28-26-. The van der Waals surface area contributed by atoms with Crippen molar-refractivity contribution in [2.45, 2.75) is 6.04 Å². The Morgan fingerprint density at radius 1 is 0.895 bits per heavy atom. The van der Waals surface area contributed by atoms with Gasteiger partial charge in [-0.2, -0.15) is 0 Å². The second-order valence-electron chi connectivity index (χ2n) is 9.22. The highest BCUT2D eigenvalue weighted by Gasteiger charge is 2.47. The molecule has 1 N–H and O–H groups in total. The fourth-order valence-electron chi connectivity index (χ4n) is 4.85. The van der Waals surface area contributed by atoms with E-state index in [1.165, 1.54) is 18.1 Å². The summed E-state index contributed by atoms with van der Waals surface area (Å²) in [5, 5.41) is 13.3. The highest BCUT2D eigenvalue weighted by Crippen LogP contribution is 2.43. The molecule has 190 valence electrons. The summed E-state index contributed by atoms with van der Waals surface area (Å²) < 4.78 is 4.84. The van der Waals surface area contributed by atoms with E-state index in [0.717, 1.165) is 16.5 Å². The van der Waals surface area contributed by atoms with Crippen molar-refractivity contribution in [3.05, 3.63) is 113 Å². The van der Waals surface area contributed by atoms with Crippen LogP contribution in [0.25, 0.3) is 16.5 Å². The Morgan fingerprint density at radius 2 is 1.58 bits per heavy atom. The zero-order valence-corrected chi connectivity index (χ0v) is 21.2. The first-order valence-electron chi connectivity index (χ1n) is 12.1. The molecule has 1 saturated heterocycles. The Balaban J connectivity index is 1.75. The maximum Gasteiger partial charge on any atom is 0.337 e. The number of hydrogen-bond donors (Lipinski definition) is 1. The summed E-state index contributed by atoms with van der Waals surface area (Å²) in [4.78, 5) is 42.6. The van der Waals surface area contributed by atoms with E-state index < -0.39 is 23.7 Å². The smallest absolute Gasteiger partial charge is 0.337 e. The summed E-state index contributed by atoms with van der Waals surface area (Å²) in [6.07, 6.45) is 0. The zero-order chi connectivity index (χ0) is 27.0. The number of hydrogen-bond acceptors (Lipinski definition) is 6. The number of Topliss-reactive ketones (excluding diaryl/α,β-unsaturated/α-hetero) is 1. The average molecular weight is 507 g/mol. The van der Waals surface area contributed by atoms with Gasteiger partial charge in [-0.1, -0.05) is 60.7 Å². The summed E-state index contributed by atoms with van der Waals surface area (Å²) in [7, 11) is 5.11. The van der Waals surface area contributed by atoms with Gasteiger partial charge in [0.15, 0.2) is 0 Å². The third-order valence-corrected chi connectivity index (χ3v) is 6.76. The number of methoxy groups -OCH3 is 1. The molecule has 5 rings (SSSR count). The zero-order valence-electron chi connectivity index (χ0n) is 21.2. The van der Waals surface area contributed by atoms with E-state index in [9.17, 15) is 19.5 Å². The molecular formula is C31H26N2O5. The Kier molecular flexibility index (Phi) is 6.43. The molecule has 7 heteroatoms. The predicted molar refractivity (Wildman–Crippen MR) is 147 cm³/mol. The molecule has 1 amide bonds. The molecule has 1 fully saturated rings. The van der Waals surface area contributed by atoms with Gasteiger partial charge in [0.05, 0.1) is 24.3 Å². The topological polar surface area (TPSA) is 87.1 Å². The summed E-state index contributed by atoms with van der Waals surface area (Å²) in [5.74, 6) is -2.42. The molecule has 1 heterocycles. The van der Waals surface area contributed by atoms with Gasteiger partial charge < -0.3 is 14.7 Å². The van der Waals surface area contributed by atoms with Crippen LogP contribution >= 0.6 is 0 Å². The summed E-state index contributed by atoms with van der Waals surface area (Å²) in [6.45, 7) is 0. The molecule has 1 atom stereocenters. The number of ketones is 1. The van der Waals surface area contributed by atoms with Gasteiger partial charge in [-0.25, -0.2) is 4.79 Å². The van der Waals surface area contributed by atoms with Gasteiger partial charge in [0.2, 0.25) is 0 Å². The molecule has 4 aromatic carbocycles. The van der Waals surface area contributed by atoms with Crippen LogP contribution in [0.4, 0.5) is 11.4 Å².